The molecule has 4 nitrogen and oxygen atoms in total. The number of aromatic nitrogens is 1. The van der Waals surface area contributed by atoms with Crippen LogP contribution in [0, 0.1) is 0 Å². The molecule has 0 atom stereocenters. The average Bonchev–Trinajstić information content (AvgIpc) is 2.86. The van der Waals surface area contributed by atoms with Gasteiger partial charge in [-0.25, -0.2) is 0 Å². The second-order valence-corrected chi connectivity index (χ2v) is 8.83. The molecule has 3 aromatic rings. The molecule has 0 spiro atoms. The van der Waals surface area contributed by atoms with Crippen LogP contribution in [0.15, 0.2) is 66.4 Å². The number of benzene rings is 2. The van der Waals surface area contributed by atoms with Crippen molar-refractivity contribution < 1.29 is 4.79 Å². The van der Waals surface area contributed by atoms with Gasteiger partial charge in [0.1, 0.15) is 0 Å². The van der Waals surface area contributed by atoms with E-state index < -0.39 is 0 Å². The quantitative estimate of drug-likeness (QED) is 0.219. The number of carbonyl (C=O) groups is 1. The summed E-state index contributed by atoms with van der Waals surface area (Å²) >= 11 is 2.45. The third kappa shape index (κ3) is 4.74. The van der Waals surface area contributed by atoms with Crippen LogP contribution in [-0.2, 0) is 0 Å². The summed E-state index contributed by atoms with van der Waals surface area (Å²) in [4.78, 5) is 21.9. The van der Waals surface area contributed by atoms with Crippen molar-refractivity contribution in [2.24, 2.45) is 0 Å². The second-order valence-electron chi connectivity index (χ2n) is 8.15. The highest BCUT2D eigenvalue weighted by Crippen LogP contribution is 2.35. The lowest BCUT2D eigenvalue weighted by molar-refractivity contribution is 0.0773. The average molecular weight is 539 g/mol. The zero-order chi connectivity index (χ0) is 22.5. The van der Waals surface area contributed by atoms with Gasteiger partial charge in [-0.15, -0.1) is 0 Å². The number of carbonyl (C=O) groups excluding carboxylic acids is 1. The lowest BCUT2D eigenvalue weighted by atomic mass is 9.87. The number of halogens is 1. The van der Waals surface area contributed by atoms with Crippen LogP contribution in [0.1, 0.15) is 48.2 Å². The van der Waals surface area contributed by atoms with Crippen LogP contribution < -0.4 is 0 Å². The van der Waals surface area contributed by atoms with Gasteiger partial charge in [0.05, 0.1) is 10.1 Å². The summed E-state index contributed by atoms with van der Waals surface area (Å²) in [5, 5.41) is 1.15. The summed E-state index contributed by atoms with van der Waals surface area (Å²) in [6.45, 7) is 7.65. The van der Waals surface area contributed by atoms with E-state index in [2.05, 4.69) is 63.9 Å². The molecule has 0 N–H and O–H groups in total. The summed E-state index contributed by atoms with van der Waals surface area (Å²) in [5.41, 5.74) is 6.90. The second kappa shape index (κ2) is 10.6. The molecule has 1 fully saturated rings. The Bertz CT molecular complexity index is 1100. The Morgan fingerprint density at radius 3 is 2.28 bits per heavy atom. The van der Waals surface area contributed by atoms with Crippen LogP contribution in [0.4, 0.5) is 0 Å². The van der Waals surface area contributed by atoms with Gasteiger partial charge < -0.3 is 4.90 Å². The van der Waals surface area contributed by atoms with E-state index in [1.165, 1.54) is 16.7 Å². The maximum atomic E-state index is 12.8. The lowest BCUT2D eigenvalue weighted by Gasteiger charge is -2.29. The summed E-state index contributed by atoms with van der Waals surface area (Å²) in [6, 6.07) is 18.7. The summed E-state index contributed by atoms with van der Waals surface area (Å²) in [5.74, 6) is 0.0953. The van der Waals surface area contributed by atoms with Gasteiger partial charge in [0.25, 0.3) is 5.91 Å². The predicted octanol–water partition coefficient (Wildman–Crippen LogP) is 6.01. The van der Waals surface area contributed by atoms with Crippen molar-refractivity contribution in [1.29, 1.82) is 0 Å². The van der Waals surface area contributed by atoms with Crippen molar-refractivity contribution in [3.05, 3.63) is 83.1 Å². The van der Waals surface area contributed by atoms with Crippen LogP contribution in [0.2, 0.25) is 0 Å². The summed E-state index contributed by atoms with van der Waals surface area (Å²) in [6.07, 6.45) is 3.99. The molecule has 2 aromatic carbocycles. The number of amides is 1. The van der Waals surface area contributed by atoms with E-state index in [1.807, 2.05) is 43.1 Å². The number of alkyl halides is 1. The van der Waals surface area contributed by atoms with E-state index in [0.29, 0.717) is 0 Å². The Labute approximate surface area is 204 Å². The Morgan fingerprint density at radius 2 is 1.62 bits per heavy atom. The molecule has 0 aliphatic carbocycles. The maximum Gasteiger partial charge on any atom is 0.253 e. The van der Waals surface area contributed by atoms with Crippen LogP contribution in [0.5, 0.6) is 0 Å². The molecule has 1 amide bonds. The van der Waals surface area contributed by atoms with Crippen molar-refractivity contribution in [3.63, 3.8) is 0 Å². The monoisotopic (exact) mass is 539 g/mol. The number of fused-ring (bicyclic) bond motifs is 1. The zero-order valence-corrected chi connectivity index (χ0v) is 21.0. The minimum Gasteiger partial charge on any atom is -0.339 e. The molecule has 1 aliphatic rings. The van der Waals surface area contributed by atoms with E-state index in [0.717, 1.165) is 65.6 Å². The predicted molar refractivity (Wildman–Crippen MR) is 141 cm³/mol. The number of likely N-dealkylation sites (tertiary alicyclic amines) is 1. The van der Waals surface area contributed by atoms with Crippen LogP contribution in [-0.4, -0.2) is 51.4 Å². The highest BCUT2D eigenvalue weighted by molar-refractivity contribution is 14.1. The van der Waals surface area contributed by atoms with Gasteiger partial charge >= 0.3 is 0 Å². The zero-order valence-electron chi connectivity index (χ0n) is 18.9. The number of hydrogen-bond acceptors (Lipinski definition) is 3. The number of rotatable bonds is 6. The Kier molecular flexibility index (Phi) is 7.58. The fourth-order valence-corrected chi connectivity index (χ4v) is 5.20. The van der Waals surface area contributed by atoms with Crippen LogP contribution in [0.3, 0.4) is 0 Å². The number of piperidine rings is 1. The molecule has 0 bridgehead atoms. The van der Waals surface area contributed by atoms with Gasteiger partial charge in [-0.1, -0.05) is 64.6 Å². The first-order valence-electron chi connectivity index (χ1n) is 11.4. The van der Waals surface area contributed by atoms with E-state index in [-0.39, 0.29) is 5.91 Å². The maximum absolute atomic E-state index is 12.8. The molecule has 166 valence electrons. The van der Waals surface area contributed by atoms with Gasteiger partial charge in [-0.3, -0.25) is 14.7 Å². The minimum absolute atomic E-state index is 0.0953. The molecule has 1 aliphatic heterocycles. The van der Waals surface area contributed by atoms with Gasteiger partial charge in [-0.05, 0) is 56.0 Å². The summed E-state index contributed by atoms with van der Waals surface area (Å²) in [7, 11) is 0. The largest absolute Gasteiger partial charge is 0.339 e. The first-order valence-corrected chi connectivity index (χ1v) is 12.9. The standard InChI is InChI=1S/C27H30IN3O/c1-3-31(4-2)27(32)23-12-10-20(11-13-23)25(21-14-17-30(19-28)18-15-21)24-9-5-7-22-8-6-16-29-26(22)24/h5-13,16H,3-4,14-15,17-19H2,1-2H3. The molecule has 0 unspecified atom stereocenters. The number of hydrogen-bond donors (Lipinski definition) is 0. The first kappa shape index (κ1) is 22.9. The van der Waals surface area contributed by atoms with Gasteiger partial charge in [0, 0.05) is 48.9 Å². The number of nitrogens with zero attached hydrogens (tertiary/aromatic N) is 3. The fourth-order valence-electron chi connectivity index (χ4n) is 4.52. The lowest BCUT2D eigenvalue weighted by Crippen LogP contribution is -2.30. The molecule has 5 heteroatoms. The molecule has 2 heterocycles. The van der Waals surface area contributed by atoms with E-state index in [1.54, 1.807) is 0 Å². The molecule has 1 saturated heterocycles. The van der Waals surface area contributed by atoms with Crippen LogP contribution in [0.25, 0.3) is 16.5 Å². The Balaban J connectivity index is 1.80. The molecule has 1 aromatic heterocycles. The molecular weight excluding hydrogens is 509 g/mol. The van der Waals surface area contributed by atoms with Crippen molar-refractivity contribution in [2.45, 2.75) is 26.7 Å². The normalized spacial score (nSPS) is 14.5. The molecule has 0 radical (unpaired) electrons. The highest BCUT2D eigenvalue weighted by atomic mass is 127. The highest BCUT2D eigenvalue weighted by Gasteiger charge is 2.21. The van der Waals surface area contributed by atoms with Crippen molar-refractivity contribution in [1.82, 2.24) is 14.8 Å². The summed E-state index contributed by atoms with van der Waals surface area (Å²) < 4.78 is 1.07. The van der Waals surface area contributed by atoms with Crippen molar-refractivity contribution in [2.75, 3.05) is 30.7 Å². The third-order valence-electron chi connectivity index (χ3n) is 6.36. The number of para-hydroxylation sites is 1. The molecular formula is C27H30IN3O. The van der Waals surface area contributed by atoms with Crippen LogP contribution >= 0.6 is 22.6 Å². The molecule has 0 saturated carbocycles. The number of pyridine rings is 1. The molecule has 32 heavy (non-hydrogen) atoms. The Morgan fingerprint density at radius 1 is 0.969 bits per heavy atom. The van der Waals surface area contributed by atoms with E-state index in [9.17, 15) is 4.79 Å². The minimum atomic E-state index is 0.0953. The first-order chi connectivity index (χ1) is 15.7. The van der Waals surface area contributed by atoms with E-state index in [4.69, 9.17) is 4.98 Å². The fraction of sp³-hybridized carbons (Fsp3) is 0.333. The van der Waals surface area contributed by atoms with Gasteiger partial charge in [-0.2, -0.15) is 0 Å². The molecule has 4 rings (SSSR count). The van der Waals surface area contributed by atoms with Crippen molar-refractivity contribution in [3.8, 4) is 0 Å². The van der Waals surface area contributed by atoms with Crippen molar-refractivity contribution >= 4 is 45.0 Å². The van der Waals surface area contributed by atoms with Gasteiger partial charge in [0.2, 0.25) is 0 Å². The Hall–Kier alpha value is -2.25. The topological polar surface area (TPSA) is 36.4 Å². The smallest absolute Gasteiger partial charge is 0.253 e. The SMILES string of the molecule is CCN(CC)C(=O)c1ccc(C(=C2CCN(CI)CC2)c2cccc3cccnc23)cc1. The third-order valence-corrected chi connectivity index (χ3v) is 7.32. The van der Waals surface area contributed by atoms with Gasteiger partial charge in [0.15, 0.2) is 0 Å². The van der Waals surface area contributed by atoms with E-state index >= 15 is 0 Å².